The molecule has 1 fully saturated rings. The van der Waals surface area contributed by atoms with Crippen LogP contribution in [0.3, 0.4) is 0 Å². The molecule has 1 aliphatic rings. The number of benzene rings is 1. The van der Waals surface area contributed by atoms with Crippen molar-refractivity contribution in [2.75, 3.05) is 22.8 Å². The minimum atomic E-state index is -4.18. The third-order valence-corrected chi connectivity index (χ3v) is 6.26. The van der Waals surface area contributed by atoms with Gasteiger partial charge in [0, 0.05) is 37.2 Å². The van der Waals surface area contributed by atoms with Gasteiger partial charge in [-0.25, -0.2) is 13.8 Å². The summed E-state index contributed by atoms with van der Waals surface area (Å²) in [5, 5.41) is 7.06. The van der Waals surface area contributed by atoms with Crippen molar-refractivity contribution >= 4 is 39.2 Å². The SMILES string of the molecule is CCc1cc(Cl)cc(NC(=O)NS(=O)(=O)N(c2cnn(C)c2)C2CCOCC2)c1. The molecule has 2 N–H and O–H groups in total. The molecule has 0 unspecified atom stereocenters. The number of anilines is 2. The molecule has 29 heavy (non-hydrogen) atoms. The maximum Gasteiger partial charge on any atom is 0.334 e. The van der Waals surface area contributed by atoms with E-state index in [-0.39, 0.29) is 6.04 Å². The minimum absolute atomic E-state index is 0.337. The first kappa shape index (κ1) is 21.4. The molecular formula is C18H24ClN5O4S. The van der Waals surface area contributed by atoms with Crippen molar-refractivity contribution in [3.8, 4) is 0 Å². The lowest BCUT2D eigenvalue weighted by Crippen LogP contribution is -2.51. The molecule has 0 aliphatic carbocycles. The Labute approximate surface area is 175 Å². The quantitative estimate of drug-likeness (QED) is 0.716. The number of carbonyl (C=O) groups is 1. The highest BCUT2D eigenvalue weighted by molar-refractivity contribution is 7.91. The predicted octanol–water partition coefficient (Wildman–Crippen LogP) is 2.69. The van der Waals surface area contributed by atoms with Crippen molar-refractivity contribution in [2.24, 2.45) is 7.05 Å². The standard InChI is InChI=1S/C18H24ClN5O4S/c1-3-13-8-14(19)10-15(9-13)21-18(25)22-29(26,27)24(16-4-6-28-7-5-16)17-11-20-23(2)12-17/h8-12,16H,3-7H2,1-2H3,(H2,21,22,25). The van der Waals surface area contributed by atoms with Crippen molar-refractivity contribution in [3.63, 3.8) is 0 Å². The van der Waals surface area contributed by atoms with Crippen molar-refractivity contribution in [3.05, 3.63) is 41.2 Å². The van der Waals surface area contributed by atoms with Crippen molar-refractivity contribution in [2.45, 2.75) is 32.2 Å². The smallest absolute Gasteiger partial charge is 0.334 e. The highest BCUT2D eigenvalue weighted by Gasteiger charge is 2.33. The van der Waals surface area contributed by atoms with Gasteiger partial charge in [0.15, 0.2) is 0 Å². The summed E-state index contributed by atoms with van der Waals surface area (Å²) in [7, 11) is -2.48. The normalized spacial score (nSPS) is 15.1. The molecule has 2 heterocycles. The second-order valence-corrected chi connectivity index (χ2v) is 8.76. The number of urea groups is 1. The molecule has 1 aromatic heterocycles. The zero-order chi connectivity index (χ0) is 21.0. The number of nitrogens with one attached hydrogen (secondary N) is 2. The molecule has 0 spiro atoms. The van der Waals surface area contributed by atoms with Crippen molar-refractivity contribution in [1.29, 1.82) is 0 Å². The van der Waals surface area contributed by atoms with Gasteiger partial charge in [0.2, 0.25) is 0 Å². The topological polar surface area (TPSA) is 106 Å². The van der Waals surface area contributed by atoms with Crippen molar-refractivity contribution < 1.29 is 17.9 Å². The zero-order valence-electron chi connectivity index (χ0n) is 16.3. The Kier molecular flexibility index (Phi) is 6.66. The number of hydrogen-bond donors (Lipinski definition) is 2. The van der Waals surface area contributed by atoms with Gasteiger partial charge < -0.3 is 10.1 Å². The fourth-order valence-electron chi connectivity index (χ4n) is 3.24. The van der Waals surface area contributed by atoms with Gasteiger partial charge in [0.25, 0.3) is 0 Å². The number of ether oxygens (including phenoxy) is 1. The summed E-state index contributed by atoms with van der Waals surface area (Å²) in [6.45, 7) is 2.86. The van der Waals surface area contributed by atoms with Crippen LogP contribution in [-0.4, -0.2) is 43.5 Å². The fourth-order valence-corrected chi connectivity index (χ4v) is 4.85. The summed E-state index contributed by atoms with van der Waals surface area (Å²) in [6.07, 6.45) is 4.82. The minimum Gasteiger partial charge on any atom is -0.381 e. The Morgan fingerprint density at radius 3 is 2.69 bits per heavy atom. The molecule has 9 nitrogen and oxygen atoms in total. The van der Waals surface area contributed by atoms with Crippen LogP contribution in [0.15, 0.2) is 30.6 Å². The number of halogens is 1. The predicted molar refractivity (Wildman–Crippen MR) is 111 cm³/mol. The molecule has 158 valence electrons. The first-order chi connectivity index (χ1) is 13.8. The van der Waals surface area contributed by atoms with E-state index in [0.29, 0.717) is 42.5 Å². The van der Waals surface area contributed by atoms with Gasteiger partial charge in [-0.2, -0.15) is 13.5 Å². The van der Waals surface area contributed by atoms with Crippen LogP contribution in [0.5, 0.6) is 0 Å². The van der Waals surface area contributed by atoms with E-state index in [0.717, 1.165) is 12.0 Å². The van der Waals surface area contributed by atoms with E-state index in [9.17, 15) is 13.2 Å². The van der Waals surface area contributed by atoms with Crippen molar-refractivity contribution in [1.82, 2.24) is 14.5 Å². The monoisotopic (exact) mass is 441 g/mol. The van der Waals surface area contributed by atoms with E-state index in [1.165, 1.54) is 15.2 Å². The third-order valence-electron chi connectivity index (χ3n) is 4.57. The van der Waals surface area contributed by atoms with Gasteiger partial charge in [-0.1, -0.05) is 18.5 Å². The van der Waals surface area contributed by atoms with Crippen LogP contribution in [-0.2, 0) is 28.4 Å². The largest absolute Gasteiger partial charge is 0.381 e. The summed E-state index contributed by atoms with van der Waals surface area (Å²) in [5.74, 6) is 0. The second-order valence-electron chi connectivity index (χ2n) is 6.77. The van der Waals surface area contributed by atoms with Crippen LogP contribution < -0.4 is 14.3 Å². The Hall–Kier alpha value is -2.30. The lowest BCUT2D eigenvalue weighted by Gasteiger charge is -2.33. The van der Waals surface area contributed by atoms with Crippen LogP contribution >= 0.6 is 11.6 Å². The van der Waals surface area contributed by atoms with Crippen LogP contribution in [0.4, 0.5) is 16.2 Å². The van der Waals surface area contributed by atoms with Gasteiger partial charge in [0.05, 0.1) is 17.9 Å². The molecular weight excluding hydrogens is 418 g/mol. The molecule has 3 rings (SSSR count). The first-order valence-electron chi connectivity index (χ1n) is 9.27. The first-order valence-corrected chi connectivity index (χ1v) is 11.1. The van der Waals surface area contributed by atoms with E-state index >= 15 is 0 Å². The fraction of sp³-hybridized carbons (Fsp3) is 0.444. The zero-order valence-corrected chi connectivity index (χ0v) is 17.8. The van der Waals surface area contributed by atoms with Crippen LogP contribution in [0.1, 0.15) is 25.3 Å². The Bertz CT molecular complexity index is 972. The van der Waals surface area contributed by atoms with Crippen LogP contribution in [0, 0.1) is 0 Å². The van der Waals surface area contributed by atoms with Gasteiger partial charge in [-0.15, -0.1) is 0 Å². The highest BCUT2D eigenvalue weighted by Crippen LogP contribution is 2.25. The average molecular weight is 442 g/mol. The molecule has 1 aliphatic heterocycles. The number of carbonyl (C=O) groups excluding carboxylic acids is 1. The Morgan fingerprint density at radius 1 is 1.34 bits per heavy atom. The summed E-state index contributed by atoms with van der Waals surface area (Å²) < 4.78 is 36.3. The van der Waals surface area contributed by atoms with E-state index in [1.54, 1.807) is 31.4 Å². The number of aromatic nitrogens is 2. The van der Waals surface area contributed by atoms with Gasteiger partial charge >= 0.3 is 16.2 Å². The van der Waals surface area contributed by atoms with Crippen LogP contribution in [0.25, 0.3) is 0 Å². The molecule has 1 aromatic carbocycles. The highest BCUT2D eigenvalue weighted by atomic mass is 35.5. The average Bonchev–Trinajstić information content (AvgIpc) is 3.06. The van der Waals surface area contributed by atoms with Gasteiger partial charge in [0.1, 0.15) is 0 Å². The Balaban J connectivity index is 1.80. The summed E-state index contributed by atoms with van der Waals surface area (Å²) >= 11 is 6.06. The van der Waals surface area contributed by atoms with E-state index in [1.807, 2.05) is 6.92 Å². The molecule has 2 amide bonds. The molecule has 0 bridgehead atoms. The molecule has 11 heteroatoms. The Morgan fingerprint density at radius 2 is 2.07 bits per heavy atom. The number of amides is 2. The molecule has 0 radical (unpaired) electrons. The summed E-state index contributed by atoms with van der Waals surface area (Å²) in [6, 6.07) is 3.89. The lowest BCUT2D eigenvalue weighted by molar-refractivity contribution is 0.0875. The van der Waals surface area contributed by atoms with Gasteiger partial charge in [-0.3, -0.25) is 4.68 Å². The maximum absolute atomic E-state index is 13.1. The summed E-state index contributed by atoms with van der Waals surface area (Å²) in [4.78, 5) is 12.4. The van der Waals surface area contributed by atoms with Gasteiger partial charge in [-0.05, 0) is 43.0 Å². The molecule has 0 saturated carbocycles. The van der Waals surface area contributed by atoms with E-state index in [2.05, 4.69) is 15.1 Å². The summed E-state index contributed by atoms with van der Waals surface area (Å²) in [5.41, 5.74) is 1.73. The van der Waals surface area contributed by atoms with E-state index < -0.39 is 16.2 Å². The number of nitrogens with zero attached hydrogens (tertiary/aromatic N) is 3. The number of rotatable bonds is 6. The molecule has 1 saturated heterocycles. The number of hydrogen-bond acceptors (Lipinski definition) is 5. The maximum atomic E-state index is 13.1. The molecule has 0 atom stereocenters. The van der Waals surface area contributed by atoms with Crippen LogP contribution in [0.2, 0.25) is 5.02 Å². The number of aryl methyl sites for hydroxylation is 2. The molecule has 2 aromatic rings. The van der Waals surface area contributed by atoms with E-state index in [4.69, 9.17) is 16.3 Å². The second kappa shape index (κ2) is 9.02. The third kappa shape index (κ3) is 5.40. The lowest BCUT2D eigenvalue weighted by atomic mass is 10.1.